The monoisotopic (exact) mass is 557 g/mol. The second-order valence-corrected chi connectivity index (χ2v) is 8.76. The van der Waals surface area contributed by atoms with E-state index < -0.39 is 30.2 Å². The first-order valence-electron chi connectivity index (χ1n) is 10.4. The molecule has 0 spiro atoms. The minimum Gasteiger partial charge on any atom is -0.486 e. The van der Waals surface area contributed by atoms with Gasteiger partial charge in [-0.3, -0.25) is 9.59 Å². The second-order valence-electron chi connectivity index (χ2n) is 7.50. The van der Waals surface area contributed by atoms with Gasteiger partial charge in [0.1, 0.15) is 24.7 Å². The number of nitrogens with one attached hydrogen (secondary N) is 2. The maximum absolute atomic E-state index is 13.7. The molecule has 35 heavy (non-hydrogen) atoms. The highest BCUT2D eigenvalue weighted by Crippen LogP contribution is 2.36. The van der Waals surface area contributed by atoms with Crippen LogP contribution in [0.4, 0.5) is 14.9 Å². The fraction of sp³-hybridized carbons (Fsp3) is 0.0800. The first kappa shape index (κ1) is 24.4. The molecule has 178 valence electrons. The highest BCUT2D eigenvalue weighted by molar-refractivity contribution is 9.10. The first-order chi connectivity index (χ1) is 16.8. The number of ether oxygens (including phenoxy) is 1. The van der Waals surface area contributed by atoms with E-state index in [9.17, 15) is 18.8 Å². The number of imide groups is 1. The fourth-order valence-electron chi connectivity index (χ4n) is 3.31. The van der Waals surface area contributed by atoms with Crippen LogP contribution in [0.3, 0.4) is 0 Å². The van der Waals surface area contributed by atoms with E-state index in [0.29, 0.717) is 27.4 Å². The van der Waals surface area contributed by atoms with Gasteiger partial charge < -0.3 is 15.4 Å². The molecule has 2 N–H and O–H groups in total. The molecule has 1 heterocycles. The molecule has 3 aromatic carbocycles. The molecule has 3 aromatic rings. The molecule has 10 heteroatoms. The molecule has 1 saturated heterocycles. The highest BCUT2D eigenvalue weighted by Gasteiger charge is 2.35. The normalized spacial score (nSPS) is 14.3. The Bertz CT molecular complexity index is 1310. The topological polar surface area (TPSA) is 87.7 Å². The number of hydrogen-bond acceptors (Lipinski definition) is 4. The molecule has 7 nitrogen and oxygen atoms in total. The molecule has 0 aromatic heterocycles. The Balaban J connectivity index is 1.44. The fourth-order valence-corrected chi connectivity index (χ4v) is 4.30. The summed E-state index contributed by atoms with van der Waals surface area (Å²) in [5.41, 5.74) is 1.42. The zero-order chi connectivity index (χ0) is 24.9. The van der Waals surface area contributed by atoms with E-state index in [2.05, 4.69) is 26.6 Å². The van der Waals surface area contributed by atoms with Gasteiger partial charge in [0.25, 0.3) is 5.91 Å². The standard InChI is InChI=1S/C25H18BrClFN3O4/c26-17-10-16(11-18(27)23(17)35-14-15-6-2-1-3-7-15)12-21-24(33)31(25(34)30-21)13-22(32)29-20-9-5-4-8-19(20)28/h1-12H,13-14H2,(H,29,32)(H,30,34)/b21-12+. The SMILES string of the molecule is O=C(CN1C(=O)N/C(=C/c2cc(Cl)c(OCc3ccccc3)c(Br)c2)C1=O)Nc1ccccc1F. The third kappa shape index (κ3) is 5.87. The molecular weight excluding hydrogens is 541 g/mol. The number of halogens is 3. The average molecular weight is 559 g/mol. The van der Waals surface area contributed by atoms with Crippen molar-refractivity contribution in [2.75, 3.05) is 11.9 Å². The molecule has 4 amide bonds. The van der Waals surface area contributed by atoms with Crippen LogP contribution >= 0.6 is 27.5 Å². The summed E-state index contributed by atoms with van der Waals surface area (Å²) in [6.07, 6.45) is 1.44. The van der Waals surface area contributed by atoms with Crippen molar-refractivity contribution in [1.29, 1.82) is 0 Å². The van der Waals surface area contributed by atoms with Crippen molar-refractivity contribution in [2.24, 2.45) is 0 Å². The molecular formula is C25H18BrClFN3O4. The predicted molar refractivity (Wildman–Crippen MR) is 133 cm³/mol. The number of rotatable bonds is 7. The van der Waals surface area contributed by atoms with Crippen molar-refractivity contribution in [1.82, 2.24) is 10.2 Å². The molecule has 1 fully saturated rings. The molecule has 1 aliphatic heterocycles. The maximum atomic E-state index is 13.7. The van der Waals surface area contributed by atoms with E-state index >= 15 is 0 Å². The summed E-state index contributed by atoms with van der Waals surface area (Å²) >= 11 is 9.81. The Hall–Kier alpha value is -3.69. The Labute approximate surface area is 213 Å². The van der Waals surface area contributed by atoms with Gasteiger partial charge in [-0.2, -0.15) is 0 Å². The van der Waals surface area contributed by atoms with Crippen molar-refractivity contribution in [3.63, 3.8) is 0 Å². The maximum Gasteiger partial charge on any atom is 0.329 e. The van der Waals surface area contributed by atoms with Crippen LogP contribution in [0.5, 0.6) is 5.75 Å². The lowest BCUT2D eigenvalue weighted by molar-refractivity contribution is -0.127. The highest BCUT2D eigenvalue weighted by atomic mass is 79.9. The van der Waals surface area contributed by atoms with E-state index in [4.69, 9.17) is 16.3 Å². The molecule has 0 bridgehead atoms. The minimum absolute atomic E-state index is 0.0328. The lowest BCUT2D eigenvalue weighted by Gasteiger charge is -2.12. The summed E-state index contributed by atoms with van der Waals surface area (Å²) in [5.74, 6) is -1.61. The average Bonchev–Trinajstić information content (AvgIpc) is 3.08. The van der Waals surface area contributed by atoms with Gasteiger partial charge in [0.05, 0.1) is 15.2 Å². The van der Waals surface area contributed by atoms with Gasteiger partial charge in [-0.05, 0) is 57.4 Å². The van der Waals surface area contributed by atoms with Gasteiger partial charge in [0.15, 0.2) is 5.75 Å². The molecule has 0 atom stereocenters. The van der Waals surface area contributed by atoms with Crippen LogP contribution in [-0.2, 0) is 16.2 Å². The van der Waals surface area contributed by atoms with E-state index in [-0.39, 0.29) is 11.4 Å². The zero-order valence-electron chi connectivity index (χ0n) is 18.1. The van der Waals surface area contributed by atoms with Crippen LogP contribution in [0, 0.1) is 5.82 Å². The Morgan fingerprint density at radius 3 is 2.54 bits per heavy atom. The molecule has 0 unspecified atom stereocenters. The lowest BCUT2D eigenvalue weighted by Crippen LogP contribution is -2.38. The number of amides is 4. The Morgan fingerprint density at radius 2 is 1.83 bits per heavy atom. The quantitative estimate of drug-likeness (QED) is 0.302. The van der Waals surface area contributed by atoms with Crippen molar-refractivity contribution in [3.8, 4) is 5.75 Å². The van der Waals surface area contributed by atoms with E-state index in [0.717, 1.165) is 10.5 Å². The van der Waals surface area contributed by atoms with Crippen LogP contribution in [0.2, 0.25) is 5.02 Å². The van der Waals surface area contributed by atoms with Gasteiger partial charge in [-0.15, -0.1) is 0 Å². The van der Waals surface area contributed by atoms with E-state index in [1.165, 1.54) is 24.3 Å². The predicted octanol–water partition coefficient (Wildman–Crippen LogP) is 5.35. The third-order valence-electron chi connectivity index (χ3n) is 4.97. The smallest absolute Gasteiger partial charge is 0.329 e. The zero-order valence-corrected chi connectivity index (χ0v) is 20.4. The van der Waals surface area contributed by atoms with Crippen LogP contribution < -0.4 is 15.4 Å². The van der Waals surface area contributed by atoms with E-state index in [1.54, 1.807) is 18.2 Å². The van der Waals surface area contributed by atoms with Crippen molar-refractivity contribution in [2.45, 2.75) is 6.61 Å². The van der Waals surface area contributed by atoms with Gasteiger partial charge in [0, 0.05) is 0 Å². The Morgan fingerprint density at radius 1 is 1.11 bits per heavy atom. The van der Waals surface area contributed by atoms with Crippen LogP contribution in [0.15, 0.2) is 76.9 Å². The van der Waals surface area contributed by atoms with Gasteiger partial charge >= 0.3 is 6.03 Å². The summed E-state index contributed by atoms with van der Waals surface area (Å²) < 4.78 is 20.1. The number of carbonyl (C=O) groups excluding carboxylic acids is 3. The number of urea groups is 1. The summed E-state index contributed by atoms with van der Waals surface area (Å²) in [5, 5.41) is 5.09. The van der Waals surface area contributed by atoms with E-state index in [1.807, 2.05) is 30.3 Å². The summed E-state index contributed by atoms with van der Waals surface area (Å²) in [6.45, 7) is -0.259. The number of carbonyl (C=O) groups is 3. The van der Waals surface area contributed by atoms with Gasteiger partial charge in [-0.1, -0.05) is 54.1 Å². The molecule has 1 aliphatic rings. The lowest BCUT2D eigenvalue weighted by atomic mass is 10.1. The number of benzene rings is 3. The van der Waals surface area contributed by atoms with Crippen molar-refractivity contribution >= 4 is 57.1 Å². The first-order valence-corrected chi connectivity index (χ1v) is 11.5. The molecule has 0 radical (unpaired) electrons. The van der Waals surface area contributed by atoms with Crippen LogP contribution in [0.1, 0.15) is 11.1 Å². The Kier molecular flexibility index (Phi) is 7.48. The third-order valence-corrected chi connectivity index (χ3v) is 5.84. The van der Waals surface area contributed by atoms with Crippen LogP contribution in [0.25, 0.3) is 6.08 Å². The van der Waals surface area contributed by atoms with Gasteiger partial charge in [-0.25, -0.2) is 14.1 Å². The number of anilines is 1. The minimum atomic E-state index is -0.766. The van der Waals surface area contributed by atoms with Crippen molar-refractivity contribution < 1.29 is 23.5 Å². The summed E-state index contributed by atoms with van der Waals surface area (Å²) in [7, 11) is 0. The molecule has 0 aliphatic carbocycles. The number of para-hydroxylation sites is 1. The number of nitrogens with zero attached hydrogens (tertiary/aromatic N) is 1. The number of hydrogen-bond donors (Lipinski definition) is 2. The van der Waals surface area contributed by atoms with Crippen LogP contribution in [-0.4, -0.2) is 29.3 Å². The molecule has 0 saturated carbocycles. The van der Waals surface area contributed by atoms with Crippen molar-refractivity contribution in [3.05, 3.63) is 98.9 Å². The largest absolute Gasteiger partial charge is 0.486 e. The second kappa shape index (κ2) is 10.7. The molecule has 4 rings (SSSR count). The summed E-state index contributed by atoms with van der Waals surface area (Å²) in [6, 6.07) is 17.7. The van der Waals surface area contributed by atoms with Gasteiger partial charge in [0.2, 0.25) is 5.91 Å². The summed E-state index contributed by atoms with van der Waals surface area (Å²) in [4.78, 5) is 38.0.